The highest BCUT2D eigenvalue weighted by Crippen LogP contribution is 2.28. The average Bonchev–Trinajstić information content (AvgIpc) is 2.34. The molecule has 1 N–H and O–H groups in total. The predicted molar refractivity (Wildman–Crippen MR) is 92.5 cm³/mol. The van der Waals surface area contributed by atoms with Gasteiger partial charge in [0.2, 0.25) is 0 Å². The van der Waals surface area contributed by atoms with Crippen LogP contribution in [0.3, 0.4) is 0 Å². The molecule has 0 amide bonds. The summed E-state index contributed by atoms with van der Waals surface area (Å²) in [7, 11) is 2.19. The standard InChI is InChI=1S/C16H26BrClN2/c1-5-19-16(8-9-20(4)11-12(2)3)14-7-6-13(17)10-15(14)18/h6-7,10,12,16,19H,5,8-9,11H2,1-4H3. The van der Waals surface area contributed by atoms with Crippen LogP contribution in [0.5, 0.6) is 0 Å². The zero-order valence-electron chi connectivity index (χ0n) is 12.9. The van der Waals surface area contributed by atoms with E-state index < -0.39 is 0 Å². The maximum atomic E-state index is 6.38. The average molecular weight is 362 g/mol. The fraction of sp³-hybridized carbons (Fsp3) is 0.625. The van der Waals surface area contributed by atoms with E-state index in [1.54, 1.807) is 0 Å². The number of benzene rings is 1. The Balaban J connectivity index is 2.68. The summed E-state index contributed by atoms with van der Waals surface area (Å²) in [6.45, 7) is 9.80. The summed E-state index contributed by atoms with van der Waals surface area (Å²) < 4.78 is 1.03. The van der Waals surface area contributed by atoms with Crippen molar-refractivity contribution in [1.82, 2.24) is 10.2 Å². The van der Waals surface area contributed by atoms with E-state index >= 15 is 0 Å². The number of rotatable bonds is 8. The number of halogens is 2. The smallest absolute Gasteiger partial charge is 0.0465 e. The fourth-order valence-corrected chi connectivity index (χ4v) is 3.27. The third kappa shape index (κ3) is 6.13. The molecule has 1 aromatic carbocycles. The van der Waals surface area contributed by atoms with Crippen molar-refractivity contribution in [2.75, 3.05) is 26.7 Å². The van der Waals surface area contributed by atoms with Crippen LogP contribution in [0.1, 0.15) is 38.8 Å². The molecule has 0 saturated carbocycles. The largest absolute Gasteiger partial charge is 0.310 e. The van der Waals surface area contributed by atoms with Crippen LogP contribution in [-0.4, -0.2) is 31.6 Å². The molecular weight excluding hydrogens is 336 g/mol. The van der Waals surface area contributed by atoms with Crippen LogP contribution >= 0.6 is 27.5 Å². The van der Waals surface area contributed by atoms with Crippen LogP contribution < -0.4 is 5.32 Å². The van der Waals surface area contributed by atoms with E-state index in [0.29, 0.717) is 12.0 Å². The SMILES string of the molecule is CCNC(CCN(C)CC(C)C)c1ccc(Br)cc1Cl. The summed E-state index contributed by atoms with van der Waals surface area (Å²) >= 11 is 9.84. The van der Waals surface area contributed by atoms with Gasteiger partial charge in [-0.2, -0.15) is 0 Å². The van der Waals surface area contributed by atoms with E-state index in [2.05, 4.69) is 66.1 Å². The molecule has 0 aliphatic carbocycles. The highest BCUT2D eigenvalue weighted by molar-refractivity contribution is 9.10. The van der Waals surface area contributed by atoms with Crippen LogP contribution in [0.25, 0.3) is 0 Å². The van der Waals surface area contributed by atoms with E-state index in [0.717, 1.165) is 35.6 Å². The van der Waals surface area contributed by atoms with Gasteiger partial charge in [-0.1, -0.05) is 54.4 Å². The van der Waals surface area contributed by atoms with Crippen LogP contribution in [-0.2, 0) is 0 Å². The Morgan fingerprint density at radius 3 is 2.60 bits per heavy atom. The van der Waals surface area contributed by atoms with Crippen molar-refractivity contribution in [1.29, 1.82) is 0 Å². The third-order valence-electron chi connectivity index (χ3n) is 3.26. The molecule has 0 aliphatic rings. The van der Waals surface area contributed by atoms with Gasteiger partial charge in [-0.05, 0) is 50.2 Å². The van der Waals surface area contributed by atoms with Gasteiger partial charge in [-0.3, -0.25) is 0 Å². The zero-order valence-corrected chi connectivity index (χ0v) is 15.3. The molecule has 0 heterocycles. The van der Waals surface area contributed by atoms with Crippen LogP contribution in [0.4, 0.5) is 0 Å². The molecule has 1 rings (SSSR count). The minimum absolute atomic E-state index is 0.315. The molecule has 114 valence electrons. The van der Waals surface area contributed by atoms with Gasteiger partial charge in [0.1, 0.15) is 0 Å². The molecular formula is C16H26BrClN2. The molecule has 1 aromatic rings. The summed E-state index contributed by atoms with van der Waals surface area (Å²) in [5.41, 5.74) is 1.19. The molecule has 0 bridgehead atoms. The fourth-order valence-electron chi connectivity index (χ4n) is 2.46. The van der Waals surface area contributed by atoms with Gasteiger partial charge in [0.25, 0.3) is 0 Å². The summed E-state index contributed by atoms with van der Waals surface area (Å²) in [6, 6.07) is 6.46. The molecule has 0 aromatic heterocycles. The number of nitrogens with zero attached hydrogens (tertiary/aromatic N) is 1. The summed E-state index contributed by atoms with van der Waals surface area (Å²) in [5.74, 6) is 0.703. The molecule has 0 fully saturated rings. The predicted octanol–water partition coefficient (Wildman–Crippen LogP) is 4.73. The topological polar surface area (TPSA) is 15.3 Å². The third-order valence-corrected chi connectivity index (χ3v) is 4.09. The molecule has 20 heavy (non-hydrogen) atoms. The van der Waals surface area contributed by atoms with Crippen molar-refractivity contribution >= 4 is 27.5 Å². The second kappa shape index (κ2) is 9.04. The van der Waals surface area contributed by atoms with E-state index in [9.17, 15) is 0 Å². The first-order valence-corrected chi connectivity index (χ1v) is 8.48. The number of hydrogen-bond acceptors (Lipinski definition) is 2. The first-order valence-electron chi connectivity index (χ1n) is 7.30. The normalized spacial score (nSPS) is 13.2. The first-order chi connectivity index (χ1) is 9.43. The highest BCUT2D eigenvalue weighted by atomic mass is 79.9. The Morgan fingerprint density at radius 2 is 2.05 bits per heavy atom. The van der Waals surface area contributed by atoms with Crippen molar-refractivity contribution in [3.63, 3.8) is 0 Å². The Morgan fingerprint density at radius 1 is 1.35 bits per heavy atom. The highest BCUT2D eigenvalue weighted by Gasteiger charge is 2.15. The van der Waals surface area contributed by atoms with Crippen molar-refractivity contribution in [2.24, 2.45) is 5.92 Å². The maximum Gasteiger partial charge on any atom is 0.0465 e. The van der Waals surface area contributed by atoms with Gasteiger partial charge in [-0.15, -0.1) is 0 Å². The molecule has 0 saturated heterocycles. The Bertz CT molecular complexity index is 409. The number of nitrogens with one attached hydrogen (secondary N) is 1. The molecule has 1 atom stereocenters. The van der Waals surface area contributed by atoms with E-state index in [1.807, 2.05) is 6.07 Å². The van der Waals surface area contributed by atoms with Crippen molar-refractivity contribution in [3.05, 3.63) is 33.3 Å². The zero-order chi connectivity index (χ0) is 15.1. The Labute approximate surface area is 137 Å². The minimum Gasteiger partial charge on any atom is -0.310 e. The van der Waals surface area contributed by atoms with Gasteiger partial charge in [0.05, 0.1) is 0 Å². The Kier molecular flexibility index (Phi) is 8.11. The van der Waals surface area contributed by atoms with Crippen molar-refractivity contribution in [2.45, 2.75) is 33.2 Å². The van der Waals surface area contributed by atoms with Gasteiger partial charge in [-0.25, -0.2) is 0 Å². The Hall–Kier alpha value is -0.0900. The van der Waals surface area contributed by atoms with Crippen LogP contribution in [0.15, 0.2) is 22.7 Å². The summed E-state index contributed by atoms with van der Waals surface area (Å²) in [4.78, 5) is 2.39. The van der Waals surface area contributed by atoms with E-state index in [1.165, 1.54) is 5.56 Å². The molecule has 1 unspecified atom stereocenters. The monoisotopic (exact) mass is 360 g/mol. The van der Waals surface area contributed by atoms with Gasteiger partial charge >= 0.3 is 0 Å². The van der Waals surface area contributed by atoms with Crippen LogP contribution in [0.2, 0.25) is 5.02 Å². The minimum atomic E-state index is 0.315. The molecule has 0 radical (unpaired) electrons. The van der Waals surface area contributed by atoms with Gasteiger partial charge in [0.15, 0.2) is 0 Å². The first kappa shape index (κ1) is 18.0. The second-order valence-corrected chi connectivity index (χ2v) is 7.04. The lowest BCUT2D eigenvalue weighted by molar-refractivity contribution is 0.277. The van der Waals surface area contributed by atoms with Crippen molar-refractivity contribution < 1.29 is 0 Å². The number of hydrogen-bond donors (Lipinski definition) is 1. The second-order valence-electron chi connectivity index (χ2n) is 5.72. The molecule has 0 aliphatic heterocycles. The summed E-state index contributed by atoms with van der Waals surface area (Å²) in [5, 5.41) is 4.37. The van der Waals surface area contributed by atoms with Gasteiger partial charge < -0.3 is 10.2 Å². The molecule has 0 spiro atoms. The lowest BCUT2D eigenvalue weighted by atomic mass is 10.0. The van der Waals surface area contributed by atoms with Crippen LogP contribution in [0, 0.1) is 5.92 Å². The maximum absolute atomic E-state index is 6.38. The summed E-state index contributed by atoms with van der Waals surface area (Å²) in [6.07, 6.45) is 1.07. The van der Waals surface area contributed by atoms with E-state index in [-0.39, 0.29) is 0 Å². The molecule has 4 heteroatoms. The lowest BCUT2D eigenvalue weighted by Gasteiger charge is -2.24. The van der Waals surface area contributed by atoms with Crippen molar-refractivity contribution in [3.8, 4) is 0 Å². The lowest BCUT2D eigenvalue weighted by Crippen LogP contribution is -2.29. The molecule has 2 nitrogen and oxygen atoms in total. The quantitative estimate of drug-likeness (QED) is 0.720. The van der Waals surface area contributed by atoms with Gasteiger partial charge in [0, 0.05) is 22.1 Å². The van der Waals surface area contributed by atoms with E-state index in [4.69, 9.17) is 11.6 Å².